The van der Waals surface area contributed by atoms with Crippen LogP contribution in [0, 0.1) is 0 Å². The number of hydrogen-bond donors (Lipinski definition) is 1. The third-order valence-corrected chi connectivity index (χ3v) is 4.56. The predicted molar refractivity (Wildman–Crippen MR) is 85.1 cm³/mol. The molecule has 2 fully saturated rings. The first-order valence-corrected chi connectivity index (χ1v) is 8.53. The van der Waals surface area contributed by atoms with E-state index in [9.17, 15) is 0 Å². The van der Waals surface area contributed by atoms with Gasteiger partial charge in [-0.25, -0.2) is 0 Å². The lowest BCUT2D eigenvalue weighted by Gasteiger charge is -2.23. The maximum atomic E-state index is 6.08. The van der Waals surface area contributed by atoms with Crippen molar-refractivity contribution in [1.29, 1.82) is 0 Å². The molecule has 116 valence electrons. The lowest BCUT2D eigenvalue weighted by Crippen LogP contribution is -2.23. The molecule has 3 nitrogen and oxygen atoms in total. The molecule has 1 heterocycles. The molecule has 1 unspecified atom stereocenters. The van der Waals surface area contributed by atoms with Crippen molar-refractivity contribution in [2.75, 3.05) is 13.2 Å². The van der Waals surface area contributed by atoms with Crippen molar-refractivity contribution < 1.29 is 9.47 Å². The Bertz CT molecular complexity index is 423. The van der Waals surface area contributed by atoms with Gasteiger partial charge < -0.3 is 14.8 Å². The average Bonchev–Trinajstić information content (AvgIpc) is 3.02. The molecule has 1 atom stereocenters. The van der Waals surface area contributed by atoms with Crippen LogP contribution in [0.2, 0.25) is 0 Å². The highest BCUT2D eigenvalue weighted by Gasteiger charge is 2.15. The van der Waals surface area contributed by atoms with Crippen LogP contribution in [0.5, 0.6) is 11.5 Å². The molecule has 0 spiro atoms. The van der Waals surface area contributed by atoms with E-state index in [-0.39, 0.29) is 0 Å². The molecule has 0 bridgehead atoms. The number of nitrogens with one attached hydrogen (secondary N) is 1. The van der Waals surface area contributed by atoms with E-state index < -0.39 is 0 Å². The summed E-state index contributed by atoms with van der Waals surface area (Å²) in [6.07, 6.45) is 10.4. The number of ether oxygens (including phenoxy) is 2. The van der Waals surface area contributed by atoms with Gasteiger partial charge in [-0.15, -0.1) is 0 Å². The number of benzene rings is 1. The zero-order valence-corrected chi connectivity index (χ0v) is 12.9. The minimum atomic E-state index is 0.400. The highest BCUT2D eigenvalue weighted by atomic mass is 16.5. The molecule has 1 aliphatic carbocycles. The summed E-state index contributed by atoms with van der Waals surface area (Å²) in [6.45, 7) is 1.94. The molecule has 1 N–H and O–H groups in total. The zero-order valence-electron chi connectivity index (χ0n) is 12.9. The second-order valence-electron chi connectivity index (χ2n) is 6.28. The van der Waals surface area contributed by atoms with Gasteiger partial charge in [-0.1, -0.05) is 12.5 Å². The highest BCUT2D eigenvalue weighted by molar-refractivity contribution is 5.33. The van der Waals surface area contributed by atoms with Gasteiger partial charge in [0.25, 0.3) is 0 Å². The van der Waals surface area contributed by atoms with Gasteiger partial charge >= 0.3 is 0 Å². The van der Waals surface area contributed by atoms with Crippen LogP contribution in [-0.4, -0.2) is 25.3 Å². The van der Waals surface area contributed by atoms with Gasteiger partial charge in [0.15, 0.2) is 0 Å². The van der Waals surface area contributed by atoms with E-state index in [1.54, 1.807) is 0 Å². The third kappa shape index (κ3) is 4.63. The first-order valence-electron chi connectivity index (χ1n) is 8.53. The average molecular weight is 289 g/mol. The molecule has 3 heteroatoms. The largest absolute Gasteiger partial charge is 0.493 e. The van der Waals surface area contributed by atoms with Gasteiger partial charge in [-0.3, -0.25) is 0 Å². The minimum Gasteiger partial charge on any atom is -0.493 e. The maximum absolute atomic E-state index is 6.08. The van der Waals surface area contributed by atoms with Crippen LogP contribution < -0.4 is 14.8 Å². The zero-order chi connectivity index (χ0) is 14.3. The summed E-state index contributed by atoms with van der Waals surface area (Å²) in [5.41, 5.74) is 0. The quantitative estimate of drug-likeness (QED) is 0.861. The normalized spacial score (nSPS) is 23.1. The molecule has 1 aromatic carbocycles. The van der Waals surface area contributed by atoms with Crippen LogP contribution in [0.3, 0.4) is 0 Å². The van der Waals surface area contributed by atoms with Crippen LogP contribution in [-0.2, 0) is 0 Å². The van der Waals surface area contributed by atoms with E-state index in [2.05, 4.69) is 5.32 Å². The molecule has 0 amide bonds. The van der Waals surface area contributed by atoms with Gasteiger partial charge in [-0.2, -0.15) is 0 Å². The predicted octanol–water partition coefficient (Wildman–Crippen LogP) is 3.92. The first-order chi connectivity index (χ1) is 10.4. The Balaban J connectivity index is 1.45. The van der Waals surface area contributed by atoms with E-state index in [4.69, 9.17) is 9.47 Å². The van der Waals surface area contributed by atoms with Crippen molar-refractivity contribution in [3.63, 3.8) is 0 Å². The van der Waals surface area contributed by atoms with E-state index in [0.717, 1.165) is 31.1 Å². The summed E-state index contributed by atoms with van der Waals surface area (Å²) >= 11 is 0. The van der Waals surface area contributed by atoms with Crippen molar-refractivity contribution in [3.05, 3.63) is 24.3 Å². The van der Waals surface area contributed by atoms with Crippen molar-refractivity contribution >= 4 is 0 Å². The molecule has 1 aromatic rings. The van der Waals surface area contributed by atoms with Crippen molar-refractivity contribution in [2.45, 2.75) is 63.5 Å². The van der Waals surface area contributed by atoms with Crippen LogP contribution in [0.1, 0.15) is 51.4 Å². The van der Waals surface area contributed by atoms with Crippen LogP contribution in [0.15, 0.2) is 24.3 Å². The second kappa shape index (κ2) is 7.69. The number of hydrogen-bond acceptors (Lipinski definition) is 3. The fourth-order valence-corrected chi connectivity index (χ4v) is 3.33. The smallest absolute Gasteiger partial charge is 0.123 e. The monoisotopic (exact) mass is 289 g/mol. The summed E-state index contributed by atoms with van der Waals surface area (Å²) < 4.78 is 12.0. The Morgan fingerprint density at radius 3 is 2.67 bits per heavy atom. The van der Waals surface area contributed by atoms with Crippen LogP contribution >= 0.6 is 0 Å². The highest BCUT2D eigenvalue weighted by Crippen LogP contribution is 2.26. The standard InChI is InChI=1S/C18H27NO2/c1-2-7-16(8-3-1)21-18-10-4-9-17(14-18)20-13-11-15-6-5-12-19-15/h4,9-10,14-16,19H,1-3,5-8,11-13H2. The topological polar surface area (TPSA) is 30.5 Å². The van der Waals surface area contributed by atoms with Gasteiger partial charge in [-0.05, 0) is 63.6 Å². The fraction of sp³-hybridized carbons (Fsp3) is 0.667. The lowest BCUT2D eigenvalue weighted by atomic mass is 9.98. The van der Waals surface area contributed by atoms with Gasteiger partial charge in [0.2, 0.25) is 0 Å². The summed E-state index contributed by atoms with van der Waals surface area (Å²) in [7, 11) is 0. The number of rotatable bonds is 6. The molecule has 1 saturated carbocycles. The van der Waals surface area contributed by atoms with Gasteiger partial charge in [0.1, 0.15) is 11.5 Å². The van der Waals surface area contributed by atoms with Crippen molar-refractivity contribution in [3.8, 4) is 11.5 Å². The minimum absolute atomic E-state index is 0.400. The Kier molecular flexibility index (Phi) is 5.39. The van der Waals surface area contributed by atoms with E-state index in [1.165, 1.54) is 44.9 Å². The van der Waals surface area contributed by atoms with Crippen LogP contribution in [0.25, 0.3) is 0 Å². The Morgan fingerprint density at radius 1 is 1.00 bits per heavy atom. The van der Waals surface area contributed by atoms with Crippen LogP contribution in [0.4, 0.5) is 0 Å². The maximum Gasteiger partial charge on any atom is 0.123 e. The molecule has 0 aromatic heterocycles. The molecular weight excluding hydrogens is 262 g/mol. The fourth-order valence-electron chi connectivity index (χ4n) is 3.33. The lowest BCUT2D eigenvalue weighted by molar-refractivity contribution is 0.154. The van der Waals surface area contributed by atoms with E-state index in [0.29, 0.717) is 12.1 Å². The summed E-state index contributed by atoms with van der Waals surface area (Å²) in [6, 6.07) is 8.78. The first kappa shape index (κ1) is 14.7. The Morgan fingerprint density at radius 2 is 1.86 bits per heavy atom. The van der Waals surface area contributed by atoms with Crippen molar-refractivity contribution in [1.82, 2.24) is 5.32 Å². The molecule has 21 heavy (non-hydrogen) atoms. The molecule has 0 radical (unpaired) electrons. The molecule has 3 rings (SSSR count). The SMILES string of the molecule is c1cc(OCCC2CCCN2)cc(OC2CCCCC2)c1. The van der Waals surface area contributed by atoms with Crippen molar-refractivity contribution in [2.24, 2.45) is 0 Å². The molecule has 1 aliphatic heterocycles. The Hall–Kier alpha value is -1.22. The van der Waals surface area contributed by atoms with E-state index >= 15 is 0 Å². The Labute approximate surface area is 128 Å². The second-order valence-corrected chi connectivity index (χ2v) is 6.28. The third-order valence-electron chi connectivity index (χ3n) is 4.56. The van der Waals surface area contributed by atoms with E-state index in [1.807, 2.05) is 24.3 Å². The summed E-state index contributed by atoms with van der Waals surface area (Å²) in [5.74, 6) is 1.89. The molecular formula is C18H27NO2. The molecule has 2 aliphatic rings. The van der Waals surface area contributed by atoms with Gasteiger partial charge in [0.05, 0.1) is 12.7 Å². The van der Waals surface area contributed by atoms with Gasteiger partial charge in [0, 0.05) is 12.1 Å². The summed E-state index contributed by atoms with van der Waals surface area (Å²) in [5, 5.41) is 3.50. The molecule has 1 saturated heterocycles. The summed E-state index contributed by atoms with van der Waals surface area (Å²) in [4.78, 5) is 0.